The van der Waals surface area contributed by atoms with E-state index in [2.05, 4.69) is 25.6 Å². The lowest BCUT2D eigenvalue weighted by Gasteiger charge is -2.20. The molecule has 11 heteroatoms. The molecule has 0 aliphatic rings. The maximum atomic E-state index is 12.5. The molecule has 0 spiro atoms. The van der Waals surface area contributed by atoms with Crippen LogP contribution < -0.4 is 33.6 Å². The highest BCUT2D eigenvalue weighted by Crippen LogP contribution is 2.03. The topological polar surface area (TPSA) is 203 Å². The van der Waals surface area contributed by atoms with E-state index in [4.69, 9.17) is 22.9 Å². The first kappa shape index (κ1) is 23.4. The van der Waals surface area contributed by atoms with Crippen LogP contribution in [0.1, 0.15) is 37.8 Å². The number of aliphatic imine (C=N–C) groups is 1. The zero-order valence-electron chi connectivity index (χ0n) is 16.2. The number of nitrogens with two attached hydrogens (primary N) is 4. The number of carbonyl (C=O) groups is 2. The summed E-state index contributed by atoms with van der Waals surface area (Å²) in [6, 6.07) is -1.38. The molecule has 0 radical (unpaired) electrons. The van der Waals surface area contributed by atoms with Gasteiger partial charge in [0.2, 0.25) is 11.8 Å². The van der Waals surface area contributed by atoms with Crippen LogP contribution in [-0.2, 0) is 16.0 Å². The van der Waals surface area contributed by atoms with E-state index < -0.39 is 12.1 Å². The van der Waals surface area contributed by atoms with Gasteiger partial charge in [0, 0.05) is 31.4 Å². The monoisotopic (exact) mass is 395 g/mol. The molecule has 0 aliphatic heterocycles. The lowest BCUT2D eigenvalue weighted by Crippen LogP contribution is -2.51. The number of guanidine groups is 1. The van der Waals surface area contributed by atoms with Crippen LogP contribution in [-0.4, -0.2) is 59.5 Å². The number of rotatable bonds is 14. The molecule has 1 aromatic heterocycles. The molecule has 1 rings (SSSR count). The predicted molar refractivity (Wildman–Crippen MR) is 108 cm³/mol. The Morgan fingerprint density at radius 2 is 1.96 bits per heavy atom. The first-order valence-electron chi connectivity index (χ1n) is 9.50. The molecule has 11 N–H and O–H groups in total. The Labute approximate surface area is 165 Å². The van der Waals surface area contributed by atoms with Gasteiger partial charge in [-0.05, 0) is 38.6 Å². The summed E-state index contributed by atoms with van der Waals surface area (Å²) < 4.78 is 0. The Morgan fingerprint density at radius 1 is 1.18 bits per heavy atom. The molecule has 2 atom stereocenters. The average molecular weight is 396 g/mol. The van der Waals surface area contributed by atoms with Crippen LogP contribution in [0.3, 0.4) is 0 Å². The number of aromatic amines is 1. The van der Waals surface area contributed by atoms with Gasteiger partial charge in [0.15, 0.2) is 5.96 Å². The van der Waals surface area contributed by atoms with Crippen molar-refractivity contribution >= 4 is 17.8 Å². The quantitative estimate of drug-likeness (QED) is 0.108. The molecule has 11 nitrogen and oxygen atoms in total. The summed E-state index contributed by atoms with van der Waals surface area (Å²) in [5.41, 5.74) is 22.9. The van der Waals surface area contributed by atoms with E-state index in [-0.39, 0.29) is 17.8 Å². The SMILES string of the molecule is NCCCC[C@H](NC(=O)[C@@H](N)CCCN=C(N)N)C(=O)NCCc1cnc[nH]1. The third-order valence-electron chi connectivity index (χ3n) is 4.13. The predicted octanol–water partition coefficient (Wildman–Crippen LogP) is -1.94. The first-order valence-corrected chi connectivity index (χ1v) is 9.50. The van der Waals surface area contributed by atoms with Gasteiger partial charge in [0.1, 0.15) is 6.04 Å². The molecular formula is C17H33N9O2. The van der Waals surface area contributed by atoms with Crippen molar-refractivity contribution in [1.29, 1.82) is 0 Å². The molecule has 0 fully saturated rings. The van der Waals surface area contributed by atoms with E-state index in [1.165, 1.54) is 0 Å². The van der Waals surface area contributed by atoms with Crippen molar-refractivity contribution in [2.75, 3.05) is 19.6 Å². The lowest BCUT2D eigenvalue weighted by molar-refractivity contribution is -0.129. The third-order valence-corrected chi connectivity index (χ3v) is 4.13. The molecule has 0 aliphatic carbocycles. The summed E-state index contributed by atoms with van der Waals surface area (Å²) in [6.07, 6.45) is 6.91. The molecule has 1 aromatic rings. The van der Waals surface area contributed by atoms with Gasteiger partial charge >= 0.3 is 0 Å². The van der Waals surface area contributed by atoms with Crippen LogP contribution in [0.5, 0.6) is 0 Å². The average Bonchev–Trinajstić information content (AvgIpc) is 3.17. The number of amides is 2. The van der Waals surface area contributed by atoms with Crippen molar-refractivity contribution in [1.82, 2.24) is 20.6 Å². The second-order valence-corrected chi connectivity index (χ2v) is 6.52. The smallest absolute Gasteiger partial charge is 0.242 e. The van der Waals surface area contributed by atoms with E-state index in [1.54, 1.807) is 12.5 Å². The Bertz CT molecular complexity index is 600. The fourth-order valence-corrected chi connectivity index (χ4v) is 2.56. The summed E-state index contributed by atoms with van der Waals surface area (Å²) in [6.45, 7) is 1.37. The third kappa shape index (κ3) is 9.88. The normalized spacial score (nSPS) is 12.8. The fraction of sp³-hybridized carbons (Fsp3) is 0.647. The fourth-order valence-electron chi connectivity index (χ4n) is 2.56. The molecule has 0 aromatic carbocycles. The highest BCUT2D eigenvalue weighted by Gasteiger charge is 2.23. The second kappa shape index (κ2) is 13.5. The van der Waals surface area contributed by atoms with Gasteiger partial charge in [-0.15, -0.1) is 0 Å². The molecule has 0 saturated carbocycles. The zero-order chi connectivity index (χ0) is 20.8. The number of unbranched alkanes of at least 4 members (excludes halogenated alkanes) is 1. The van der Waals surface area contributed by atoms with Gasteiger partial charge in [-0.1, -0.05) is 0 Å². The Hall–Kier alpha value is -2.66. The van der Waals surface area contributed by atoms with Crippen LogP contribution in [0, 0.1) is 0 Å². The minimum Gasteiger partial charge on any atom is -0.370 e. The van der Waals surface area contributed by atoms with Crippen LogP contribution >= 0.6 is 0 Å². The summed E-state index contributed by atoms with van der Waals surface area (Å²) in [4.78, 5) is 35.6. The van der Waals surface area contributed by atoms with Gasteiger partial charge < -0.3 is 38.6 Å². The minimum absolute atomic E-state index is 0.00444. The van der Waals surface area contributed by atoms with Gasteiger partial charge in [-0.25, -0.2) is 4.98 Å². The van der Waals surface area contributed by atoms with Crippen LogP contribution in [0.2, 0.25) is 0 Å². The van der Waals surface area contributed by atoms with Gasteiger partial charge in [-0.3, -0.25) is 14.6 Å². The van der Waals surface area contributed by atoms with Gasteiger partial charge in [0.25, 0.3) is 0 Å². The number of aromatic nitrogens is 2. The number of carbonyl (C=O) groups excluding carboxylic acids is 2. The van der Waals surface area contributed by atoms with Crippen molar-refractivity contribution < 1.29 is 9.59 Å². The van der Waals surface area contributed by atoms with E-state index in [9.17, 15) is 9.59 Å². The molecule has 158 valence electrons. The van der Waals surface area contributed by atoms with Crippen LogP contribution in [0.15, 0.2) is 17.5 Å². The highest BCUT2D eigenvalue weighted by molar-refractivity contribution is 5.89. The van der Waals surface area contributed by atoms with Crippen molar-refractivity contribution in [3.8, 4) is 0 Å². The molecule has 0 saturated heterocycles. The molecule has 0 unspecified atom stereocenters. The highest BCUT2D eigenvalue weighted by atomic mass is 16.2. The Kier molecular flexibility index (Phi) is 11.3. The molecule has 2 amide bonds. The van der Waals surface area contributed by atoms with E-state index >= 15 is 0 Å². The van der Waals surface area contributed by atoms with Gasteiger partial charge in [0.05, 0.1) is 12.4 Å². The number of hydrogen-bond acceptors (Lipinski definition) is 6. The lowest BCUT2D eigenvalue weighted by atomic mass is 10.1. The number of H-pyrrole nitrogens is 1. The van der Waals surface area contributed by atoms with Gasteiger partial charge in [-0.2, -0.15) is 0 Å². The number of nitrogens with one attached hydrogen (secondary N) is 3. The number of hydrogen-bond donors (Lipinski definition) is 7. The maximum Gasteiger partial charge on any atom is 0.242 e. The van der Waals surface area contributed by atoms with Crippen molar-refractivity contribution in [2.45, 2.75) is 50.6 Å². The molecular weight excluding hydrogens is 362 g/mol. The molecule has 1 heterocycles. The maximum absolute atomic E-state index is 12.5. The largest absolute Gasteiger partial charge is 0.370 e. The van der Waals surface area contributed by atoms with Crippen molar-refractivity contribution in [2.24, 2.45) is 27.9 Å². The first-order chi connectivity index (χ1) is 13.4. The number of imidazole rings is 1. The summed E-state index contributed by atoms with van der Waals surface area (Å²) >= 11 is 0. The van der Waals surface area contributed by atoms with Crippen molar-refractivity contribution in [3.05, 3.63) is 18.2 Å². The van der Waals surface area contributed by atoms with E-state index in [1.807, 2.05) is 0 Å². The molecule has 0 bridgehead atoms. The van der Waals surface area contributed by atoms with E-state index in [0.717, 1.165) is 18.5 Å². The summed E-state index contributed by atoms with van der Waals surface area (Å²) in [5, 5.41) is 5.58. The Balaban J connectivity index is 2.47. The summed E-state index contributed by atoms with van der Waals surface area (Å²) in [7, 11) is 0. The van der Waals surface area contributed by atoms with Crippen molar-refractivity contribution in [3.63, 3.8) is 0 Å². The second-order valence-electron chi connectivity index (χ2n) is 6.52. The van der Waals surface area contributed by atoms with E-state index in [0.29, 0.717) is 45.3 Å². The van der Waals surface area contributed by atoms with Crippen LogP contribution in [0.4, 0.5) is 0 Å². The Morgan fingerprint density at radius 3 is 2.61 bits per heavy atom. The summed E-state index contributed by atoms with van der Waals surface area (Å²) in [5.74, 6) is -0.603. The minimum atomic E-state index is -0.732. The number of nitrogens with zero attached hydrogens (tertiary/aromatic N) is 2. The zero-order valence-corrected chi connectivity index (χ0v) is 16.2. The van der Waals surface area contributed by atoms with Crippen LogP contribution in [0.25, 0.3) is 0 Å². The molecule has 28 heavy (non-hydrogen) atoms. The standard InChI is InChI=1S/C17H33N9O2/c18-7-2-1-5-14(16(28)23-9-6-12-10-22-11-25-12)26-15(27)13(19)4-3-8-24-17(20)21/h10-11,13-14H,1-9,18-19H2,(H,22,25)(H,23,28)(H,26,27)(H4,20,21,24)/t13-,14-/m0/s1.